The molecule has 0 unspecified atom stereocenters. The highest BCUT2D eigenvalue weighted by Crippen LogP contribution is 2.47. The molecular weight excluding hydrogens is 326 g/mol. The van der Waals surface area contributed by atoms with Gasteiger partial charge in [0, 0.05) is 16.5 Å². The molecule has 6 heteroatoms. The van der Waals surface area contributed by atoms with Crippen molar-refractivity contribution in [1.29, 1.82) is 0 Å². The largest absolute Gasteiger partial charge is 0.496 e. The number of methoxy groups -OCH3 is 1. The fourth-order valence-electron chi connectivity index (χ4n) is 3.27. The number of carbonyl (C=O) groups is 1. The van der Waals surface area contributed by atoms with E-state index in [4.69, 9.17) is 15.5 Å². The van der Waals surface area contributed by atoms with Crippen LogP contribution in [0, 0.1) is 5.41 Å². The van der Waals surface area contributed by atoms with Crippen molar-refractivity contribution in [3.8, 4) is 21.9 Å². The topological polar surface area (TPSA) is 81.8 Å². The Morgan fingerprint density at radius 1 is 1.38 bits per heavy atom. The molecule has 3 N–H and O–H groups in total. The molecule has 1 heterocycles. The number of carboxylic acids is 1. The zero-order valence-electron chi connectivity index (χ0n) is 14.0. The number of carboxylic acid groups (broad SMARTS) is 1. The van der Waals surface area contributed by atoms with Crippen LogP contribution in [0.4, 0.5) is 0 Å². The molecule has 5 nitrogen and oxygen atoms in total. The highest BCUT2D eigenvalue weighted by molar-refractivity contribution is 7.16. The van der Waals surface area contributed by atoms with Gasteiger partial charge in [-0.25, -0.2) is 4.79 Å². The molecule has 0 saturated heterocycles. The van der Waals surface area contributed by atoms with Gasteiger partial charge in [-0.3, -0.25) is 0 Å². The van der Waals surface area contributed by atoms with E-state index >= 15 is 0 Å². The van der Waals surface area contributed by atoms with Gasteiger partial charge >= 0.3 is 5.97 Å². The first-order valence-corrected chi connectivity index (χ1v) is 8.61. The summed E-state index contributed by atoms with van der Waals surface area (Å²) < 4.78 is 5.43. The quantitative estimate of drug-likeness (QED) is 0.820. The van der Waals surface area contributed by atoms with Gasteiger partial charge in [-0.1, -0.05) is 13.8 Å². The van der Waals surface area contributed by atoms with E-state index in [0.29, 0.717) is 17.1 Å². The number of aromatic carboxylic acids is 1. The van der Waals surface area contributed by atoms with Crippen molar-refractivity contribution in [2.45, 2.75) is 33.1 Å². The minimum absolute atomic E-state index is 0.122. The molecule has 128 valence electrons. The van der Waals surface area contributed by atoms with E-state index in [1.807, 2.05) is 0 Å². The molecule has 0 bridgehead atoms. The Morgan fingerprint density at radius 3 is 2.75 bits per heavy atom. The van der Waals surface area contributed by atoms with Crippen LogP contribution < -0.4 is 15.5 Å². The van der Waals surface area contributed by atoms with Gasteiger partial charge in [-0.15, -0.1) is 11.3 Å². The van der Waals surface area contributed by atoms with Gasteiger partial charge in [-0.05, 0) is 42.4 Å². The highest BCUT2D eigenvalue weighted by Gasteiger charge is 2.33. The smallest absolute Gasteiger partial charge is 0.337 e. The fraction of sp³-hybridized carbons (Fsp3) is 0.389. The van der Waals surface area contributed by atoms with Crippen LogP contribution in [0.3, 0.4) is 0 Å². The Balaban J connectivity index is 2.19. The maximum absolute atomic E-state index is 12.0. The van der Waals surface area contributed by atoms with Gasteiger partial charge < -0.3 is 14.7 Å². The second-order valence-electron chi connectivity index (χ2n) is 6.83. The molecule has 3 rings (SSSR count). The number of thiophene rings is 1. The van der Waals surface area contributed by atoms with Crippen molar-refractivity contribution in [2.75, 3.05) is 7.11 Å². The molecule has 24 heavy (non-hydrogen) atoms. The summed E-state index contributed by atoms with van der Waals surface area (Å²) in [6, 6.07) is 5.19. The van der Waals surface area contributed by atoms with Crippen LogP contribution in [-0.2, 0) is 12.8 Å². The predicted molar refractivity (Wildman–Crippen MR) is 93.9 cm³/mol. The fourth-order valence-corrected chi connectivity index (χ4v) is 4.61. The predicted octanol–water partition coefficient (Wildman–Crippen LogP) is 3.89. The number of hydrogen-bond acceptors (Lipinski definition) is 5. The minimum atomic E-state index is -0.888. The Bertz CT molecular complexity index is 795. The molecule has 1 aliphatic carbocycles. The Labute approximate surface area is 145 Å². The molecule has 1 aromatic carbocycles. The minimum Gasteiger partial charge on any atom is -0.496 e. The molecule has 0 saturated carbocycles. The van der Waals surface area contributed by atoms with Crippen molar-refractivity contribution in [3.63, 3.8) is 0 Å². The molecule has 0 atom stereocenters. The number of hydrogen-bond donors (Lipinski definition) is 2. The van der Waals surface area contributed by atoms with Gasteiger partial charge in [0.2, 0.25) is 0 Å². The lowest BCUT2D eigenvalue weighted by Gasteiger charge is -2.29. The molecule has 0 amide bonds. The number of aryl methyl sites for hydroxylation is 1. The molecule has 0 aliphatic heterocycles. The van der Waals surface area contributed by atoms with Gasteiger partial charge in [0.05, 0.1) is 17.6 Å². The van der Waals surface area contributed by atoms with E-state index in [1.165, 1.54) is 4.88 Å². The van der Waals surface area contributed by atoms with E-state index in [0.717, 1.165) is 35.3 Å². The Morgan fingerprint density at radius 2 is 2.12 bits per heavy atom. The zero-order valence-corrected chi connectivity index (χ0v) is 14.8. The van der Waals surface area contributed by atoms with Crippen molar-refractivity contribution in [3.05, 3.63) is 34.2 Å². The summed E-state index contributed by atoms with van der Waals surface area (Å²) in [5, 5.41) is 9.83. The second-order valence-corrected chi connectivity index (χ2v) is 7.94. The third-order valence-corrected chi connectivity index (χ3v) is 5.87. The Kier molecular flexibility index (Phi) is 4.27. The van der Waals surface area contributed by atoms with Crippen molar-refractivity contribution >= 4 is 17.3 Å². The molecule has 1 aromatic heterocycles. The molecule has 2 aromatic rings. The van der Waals surface area contributed by atoms with Crippen molar-refractivity contribution in [2.24, 2.45) is 11.3 Å². The normalized spacial score (nSPS) is 15.7. The third kappa shape index (κ3) is 2.87. The van der Waals surface area contributed by atoms with Gasteiger partial charge in [-0.2, -0.15) is 5.90 Å². The molecule has 1 aliphatic rings. The van der Waals surface area contributed by atoms with Crippen LogP contribution in [0.5, 0.6) is 11.5 Å². The lowest BCUT2D eigenvalue weighted by atomic mass is 9.76. The number of rotatable bonds is 4. The second kappa shape index (κ2) is 6.11. The van der Waals surface area contributed by atoms with Gasteiger partial charge in [0.25, 0.3) is 0 Å². The standard InChI is InChI=1S/C18H21NO4S/c1-18(2)7-6-14-12(9-18)15(17(20)21)16(24-14)11-5-4-10(23-19)8-13(11)22-3/h4-5,8H,6-7,9,19H2,1-3H3,(H,20,21). The van der Waals surface area contributed by atoms with Crippen molar-refractivity contribution < 1.29 is 19.5 Å². The highest BCUT2D eigenvalue weighted by atomic mass is 32.1. The van der Waals surface area contributed by atoms with E-state index in [9.17, 15) is 9.90 Å². The van der Waals surface area contributed by atoms with Crippen LogP contribution in [0.1, 0.15) is 41.1 Å². The molecule has 0 fully saturated rings. The molecule has 0 spiro atoms. The summed E-state index contributed by atoms with van der Waals surface area (Å²) in [6.45, 7) is 4.37. The monoisotopic (exact) mass is 347 g/mol. The summed E-state index contributed by atoms with van der Waals surface area (Å²) in [5.74, 6) is 5.34. The molecule has 0 radical (unpaired) electrons. The number of fused-ring (bicyclic) bond motifs is 1. The summed E-state index contributed by atoms with van der Waals surface area (Å²) >= 11 is 1.55. The van der Waals surface area contributed by atoms with Gasteiger partial charge in [0.1, 0.15) is 5.75 Å². The Hall–Kier alpha value is -2.05. The first-order valence-electron chi connectivity index (χ1n) is 7.79. The summed E-state index contributed by atoms with van der Waals surface area (Å²) in [7, 11) is 1.55. The average Bonchev–Trinajstić information content (AvgIpc) is 2.91. The van der Waals surface area contributed by atoms with Crippen LogP contribution in [0.25, 0.3) is 10.4 Å². The van der Waals surface area contributed by atoms with Crippen LogP contribution >= 0.6 is 11.3 Å². The van der Waals surface area contributed by atoms with Crippen molar-refractivity contribution in [1.82, 2.24) is 0 Å². The molecular formula is C18H21NO4S. The maximum atomic E-state index is 12.0. The van der Waals surface area contributed by atoms with Gasteiger partial charge in [0.15, 0.2) is 5.75 Å². The zero-order chi connectivity index (χ0) is 17.5. The van der Waals surface area contributed by atoms with Crippen LogP contribution in [0.15, 0.2) is 18.2 Å². The van der Waals surface area contributed by atoms with Crippen LogP contribution in [-0.4, -0.2) is 18.2 Å². The number of ether oxygens (including phenoxy) is 1. The summed E-state index contributed by atoms with van der Waals surface area (Å²) in [4.78, 5) is 18.6. The summed E-state index contributed by atoms with van der Waals surface area (Å²) in [6.07, 6.45) is 2.77. The summed E-state index contributed by atoms with van der Waals surface area (Å²) in [5.41, 5.74) is 2.26. The third-order valence-electron chi connectivity index (χ3n) is 4.54. The number of benzene rings is 1. The maximum Gasteiger partial charge on any atom is 0.337 e. The van der Waals surface area contributed by atoms with E-state index in [-0.39, 0.29) is 5.41 Å². The SMILES string of the molecule is COc1cc(ON)ccc1-c1sc2c(c1C(=O)O)CC(C)(C)CC2. The first kappa shape index (κ1) is 16.8. The van der Waals surface area contributed by atoms with E-state index < -0.39 is 5.97 Å². The first-order chi connectivity index (χ1) is 11.4. The van der Waals surface area contributed by atoms with E-state index in [2.05, 4.69) is 13.8 Å². The lowest BCUT2D eigenvalue weighted by molar-refractivity contribution is 0.0696. The lowest BCUT2D eigenvalue weighted by Crippen LogP contribution is -2.22. The van der Waals surface area contributed by atoms with E-state index in [1.54, 1.807) is 36.6 Å². The number of nitrogens with two attached hydrogens (primary N) is 1. The average molecular weight is 347 g/mol. The van der Waals surface area contributed by atoms with Crippen LogP contribution in [0.2, 0.25) is 0 Å².